The molecule has 1 heterocycles. The third-order valence-electron chi connectivity index (χ3n) is 1.83. The summed E-state index contributed by atoms with van der Waals surface area (Å²) in [7, 11) is 0. The van der Waals surface area contributed by atoms with Crippen LogP contribution >= 0.6 is 0 Å². The molecule has 1 N–H and O–H groups in total. The Balaban J connectivity index is 2.54. The average Bonchev–Trinajstić information content (AvgIpc) is 2.53. The Morgan fingerprint density at radius 1 is 1.31 bits per heavy atom. The van der Waals surface area contributed by atoms with Crippen LogP contribution in [0.4, 0.5) is 0 Å². The molecule has 4 nitrogen and oxygen atoms in total. The number of aromatic nitrogens is 3. The highest BCUT2D eigenvalue weighted by atomic mass is 16.1. The van der Waals surface area contributed by atoms with Crippen molar-refractivity contribution in [1.29, 1.82) is 0 Å². The smallest absolute Gasteiger partial charge is 0.295 e. The van der Waals surface area contributed by atoms with Gasteiger partial charge < -0.3 is 0 Å². The Kier molecular flexibility index (Phi) is 1.73. The van der Waals surface area contributed by atoms with Crippen molar-refractivity contribution in [3.8, 4) is 5.69 Å². The molecule has 0 atom stereocenters. The molecule has 0 aliphatic carbocycles. The molecule has 0 aliphatic heterocycles. The third kappa shape index (κ3) is 1.38. The number of hydrogen-bond acceptors (Lipinski definition) is 2. The van der Waals surface area contributed by atoms with Crippen molar-refractivity contribution in [2.45, 2.75) is 6.92 Å². The zero-order chi connectivity index (χ0) is 9.26. The van der Waals surface area contributed by atoms with Gasteiger partial charge >= 0.3 is 5.69 Å². The summed E-state index contributed by atoms with van der Waals surface area (Å²) >= 11 is 0. The number of benzene rings is 1. The fraction of sp³-hybridized carbons (Fsp3) is 0.111. The minimum atomic E-state index is -0.219. The van der Waals surface area contributed by atoms with Crippen LogP contribution in [0, 0.1) is 6.92 Å². The maximum atomic E-state index is 11.1. The summed E-state index contributed by atoms with van der Waals surface area (Å²) in [5.74, 6) is 0. The van der Waals surface area contributed by atoms with Crippen LogP contribution in [0.1, 0.15) is 5.56 Å². The predicted molar refractivity (Wildman–Crippen MR) is 48.9 cm³/mol. The van der Waals surface area contributed by atoms with Gasteiger partial charge in [-0.05, 0) is 19.1 Å². The summed E-state index contributed by atoms with van der Waals surface area (Å²) in [4.78, 5) is 13.6. The number of aromatic amines is 1. The molecule has 0 spiro atoms. The molecule has 0 saturated heterocycles. The van der Waals surface area contributed by atoms with Gasteiger partial charge in [-0.1, -0.05) is 17.7 Å². The maximum absolute atomic E-state index is 11.1. The van der Waals surface area contributed by atoms with Crippen LogP contribution < -0.4 is 5.69 Å². The van der Waals surface area contributed by atoms with Gasteiger partial charge in [-0.3, -0.25) is 4.98 Å². The lowest BCUT2D eigenvalue weighted by Crippen LogP contribution is -2.15. The van der Waals surface area contributed by atoms with Gasteiger partial charge in [-0.2, -0.15) is 9.78 Å². The Bertz CT molecular complexity index is 452. The van der Waals surface area contributed by atoms with E-state index in [-0.39, 0.29) is 5.69 Å². The van der Waals surface area contributed by atoms with E-state index in [0.717, 1.165) is 11.3 Å². The molecule has 0 saturated carbocycles. The van der Waals surface area contributed by atoms with Crippen LogP contribution in [0.5, 0.6) is 0 Å². The van der Waals surface area contributed by atoms with Crippen LogP contribution in [0.25, 0.3) is 5.69 Å². The normalized spacial score (nSPS) is 10.2. The Morgan fingerprint density at radius 3 is 2.54 bits per heavy atom. The minimum absolute atomic E-state index is 0.219. The summed E-state index contributed by atoms with van der Waals surface area (Å²) < 4.78 is 1.32. The molecule has 66 valence electrons. The van der Waals surface area contributed by atoms with Gasteiger partial charge in [0.15, 0.2) is 0 Å². The highest BCUT2D eigenvalue weighted by molar-refractivity contribution is 5.32. The molecule has 0 aliphatic rings. The van der Waals surface area contributed by atoms with Crippen LogP contribution in [-0.4, -0.2) is 14.8 Å². The molecular weight excluding hydrogens is 166 g/mol. The van der Waals surface area contributed by atoms with Gasteiger partial charge in [-0.25, -0.2) is 4.79 Å². The molecule has 0 unspecified atom stereocenters. The fourth-order valence-corrected chi connectivity index (χ4v) is 1.13. The van der Waals surface area contributed by atoms with E-state index in [0.29, 0.717) is 0 Å². The van der Waals surface area contributed by atoms with Crippen molar-refractivity contribution in [1.82, 2.24) is 14.8 Å². The Morgan fingerprint density at radius 2 is 2.00 bits per heavy atom. The first kappa shape index (κ1) is 7.79. The van der Waals surface area contributed by atoms with Crippen molar-refractivity contribution < 1.29 is 0 Å². The lowest BCUT2D eigenvalue weighted by Gasteiger charge is -1.98. The van der Waals surface area contributed by atoms with Gasteiger partial charge in [0, 0.05) is 0 Å². The molecule has 13 heavy (non-hydrogen) atoms. The fourth-order valence-electron chi connectivity index (χ4n) is 1.13. The van der Waals surface area contributed by atoms with Gasteiger partial charge in [-0.15, -0.1) is 0 Å². The van der Waals surface area contributed by atoms with E-state index in [4.69, 9.17) is 0 Å². The van der Waals surface area contributed by atoms with Crippen LogP contribution in [0.2, 0.25) is 0 Å². The highest BCUT2D eigenvalue weighted by Crippen LogP contribution is 2.04. The number of rotatable bonds is 1. The van der Waals surface area contributed by atoms with E-state index >= 15 is 0 Å². The van der Waals surface area contributed by atoms with Gasteiger partial charge in [0.2, 0.25) is 0 Å². The zero-order valence-electron chi connectivity index (χ0n) is 7.19. The zero-order valence-corrected chi connectivity index (χ0v) is 7.19. The molecule has 2 aromatic rings. The number of H-pyrrole nitrogens is 1. The van der Waals surface area contributed by atoms with Crippen LogP contribution in [0.3, 0.4) is 0 Å². The number of hydrogen-bond donors (Lipinski definition) is 1. The first-order valence-electron chi connectivity index (χ1n) is 3.97. The highest BCUT2D eigenvalue weighted by Gasteiger charge is 1.99. The topological polar surface area (TPSA) is 50.7 Å². The second kappa shape index (κ2) is 2.90. The van der Waals surface area contributed by atoms with Gasteiger partial charge in [0.25, 0.3) is 0 Å². The van der Waals surface area contributed by atoms with E-state index in [2.05, 4.69) is 10.1 Å². The van der Waals surface area contributed by atoms with E-state index < -0.39 is 0 Å². The van der Waals surface area contributed by atoms with Crippen molar-refractivity contribution in [2.75, 3.05) is 0 Å². The number of nitrogens with zero attached hydrogens (tertiary/aromatic N) is 2. The van der Waals surface area contributed by atoms with E-state index in [9.17, 15) is 4.79 Å². The Labute approximate surface area is 74.8 Å². The molecule has 0 amide bonds. The molecule has 4 heteroatoms. The molecule has 0 bridgehead atoms. The van der Waals surface area contributed by atoms with Crippen LogP contribution in [0.15, 0.2) is 35.4 Å². The van der Waals surface area contributed by atoms with E-state index in [1.807, 2.05) is 31.2 Å². The van der Waals surface area contributed by atoms with Gasteiger partial charge in [0.1, 0.15) is 6.33 Å². The molecule has 1 aromatic heterocycles. The molecule has 1 aromatic carbocycles. The van der Waals surface area contributed by atoms with Crippen molar-refractivity contribution in [3.05, 3.63) is 46.6 Å². The SMILES string of the molecule is Cc1ccc(-n2nc[nH]c2=O)cc1. The monoisotopic (exact) mass is 175 g/mol. The second-order valence-corrected chi connectivity index (χ2v) is 2.84. The standard InChI is InChI=1S/C9H9N3O/c1-7-2-4-8(5-3-7)12-9(13)10-6-11-12/h2-6H,1H3,(H,10,11,13). The number of nitrogens with one attached hydrogen (secondary N) is 1. The van der Waals surface area contributed by atoms with E-state index in [1.165, 1.54) is 11.0 Å². The first-order valence-corrected chi connectivity index (χ1v) is 3.97. The lowest BCUT2D eigenvalue weighted by atomic mass is 10.2. The summed E-state index contributed by atoms with van der Waals surface area (Å²) in [6, 6.07) is 7.60. The van der Waals surface area contributed by atoms with Crippen molar-refractivity contribution in [3.63, 3.8) is 0 Å². The number of aryl methyl sites for hydroxylation is 1. The molecule has 2 rings (SSSR count). The maximum Gasteiger partial charge on any atom is 0.347 e. The summed E-state index contributed by atoms with van der Waals surface area (Å²) in [6.45, 7) is 2.00. The summed E-state index contributed by atoms with van der Waals surface area (Å²) in [5.41, 5.74) is 1.72. The average molecular weight is 175 g/mol. The summed E-state index contributed by atoms with van der Waals surface area (Å²) in [6.07, 6.45) is 1.38. The molecule has 0 radical (unpaired) electrons. The Hall–Kier alpha value is -1.84. The molecule has 0 fully saturated rings. The first-order chi connectivity index (χ1) is 6.27. The van der Waals surface area contributed by atoms with Crippen molar-refractivity contribution in [2.24, 2.45) is 0 Å². The van der Waals surface area contributed by atoms with Crippen molar-refractivity contribution >= 4 is 0 Å². The van der Waals surface area contributed by atoms with Crippen LogP contribution in [-0.2, 0) is 0 Å². The largest absolute Gasteiger partial charge is 0.347 e. The van der Waals surface area contributed by atoms with E-state index in [1.54, 1.807) is 0 Å². The predicted octanol–water partition coefficient (Wildman–Crippen LogP) is 0.869. The lowest BCUT2D eigenvalue weighted by molar-refractivity contribution is 0.842. The third-order valence-corrected chi connectivity index (χ3v) is 1.83. The molecular formula is C9H9N3O. The minimum Gasteiger partial charge on any atom is -0.295 e. The van der Waals surface area contributed by atoms with Gasteiger partial charge in [0.05, 0.1) is 5.69 Å². The summed E-state index contributed by atoms with van der Waals surface area (Å²) in [5, 5.41) is 3.86. The quantitative estimate of drug-likeness (QED) is 0.699. The second-order valence-electron chi connectivity index (χ2n) is 2.84.